The number of ether oxygens (including phenoxy) is 1. The number of carbonyl (C=O) groups excluding carboxylic acids is 1. The lowest BCUT2D eigenvalue weighted by Gasteiger charge is -2.28. The van der Waals surface area contributed by atoms with Crippen LogP contribution in [0.1, 0.15) is 45.4 Å². The van der Waals surface area contributed by atoms with Gasteiger partial charge in [0.25, 0.3) is 0 Å². The van der Waals surface area contributed by atoms with Gasteiger partial charge in [0.2, 0.25) is 5.91 Å². The molecule has 0 bridgehead atoms. The molecule has 1 saturated carbocycles. The molecule has 1 unspecified atom stereocenters. The SMILES string of the molecule is COC(CN)CC(=O)N[C@@H](C)C1CCCCC1. The molecular weight excluding hydrogens is 216 g/mol. The number of amides is 1. The van der Waals surface area contributed by atoms with E-state index in [1.54, 1.807) is 7.11 Å². The van der Waals surface area contributed by atoms with Crippen LogP contribution >= 0.6 is 0 Å². The van der Waals surface area contributed by atoms with E-state index >= 15 is 0 Å². The molecule has 0 heterocycles. The van der Waals surface area contributed by atoms with E-state index < -0.39 is 0 Å². The molecule has 0 aliphatic heterocycles. The van der Waals surface area contributed by atoms with Crippen LogP contribution in [0.5, 0.6) is 0 Å². The molecule has 1 rings (SSSR count). The third kappa shape index (κ3) is 5.04. The molecule has 0 aromatic carbocycles. The molecule has 0 aromatic heterocycles. The summed E-state index contributed by atoms with van der Waals surface area (Å²) in [5.74, 6) is 0.701. The van der Waals surface area contributed by atoms with Crippen LogP contribution in [0.4, 0.5) is 0 Å². The summed E-state index contributed by atoms with van der Waals surface area (Å²) < 4.78 is 5.11. The average Bonchev–Trinajstić information content (AvgIpc) is 2.37. The minimum Gasteiger partial charge on any atom is -0.380 e. The van der Waals surface area contributed by atoms with Crippen molar-refractivity contribution in [1.29, 1.82) is 0 Å². The minimum absolute atomic E-state index is 0.0559. The van der Waals surface area contributed by atoms with Gasteiger partial charge < -0.3 is 15.8 Å². The Bertz CT molecular complexity index is 223. The molecule has 1 amide bonds. The van der Waals surface area contributed by atoms with Crippen LogP contribution in [0.3, 0.4) is 0 Å². The summed E-state index contributed by atoms with van der Waals surface area (Å²) in [7, 11) is 1.59. The van der Waals surface area contributed by atoms with Gasteiger partial charge in [-0.25, -0.2) is 0 Å². The second-order valence-electron chi connectivity index (χ2n) is 5.05. The highest BCUT2D eigenvalue weighted by molar-refractivity contribution is 5.76. The maximum atomic E-state index is 11.8. The van der Waals surface area contributed by atoms with Gasteiger partial charge in [-0.15, -0.1) is 0 Å². The zero-order valence-corrected chi connectivity index (χ0v) is 11.1. The minimum atomic E-state index is -0.159. The van der Waals surface area contributed by atoms with Gasteiger partial charge in [0.15, 0.2) is 0 Å². The van der Waals surface area contributed by atoms with Gasteiger partial charge in [-0.1, -0.05) is 19.3 Å². The van der Waals surface area contributed by atoms with Gasteiger partial charge in [0.05, 0.1) is 12.5 Å². The smallest absolute Gasteiger partial charge is 0.222 e. The molecule has 0 aromatic rings. The Labute approximate surface area is 104 Å². The summed E-state index contributed by atoms with van der Waals surface area (Å²) in [6.45, 7) is 2.50. The number of carbonyl (C=O) groups is 1. The maximum Gasteiger partial charge on any atom is 0.222 e. The van der Waals surface area contributed by atoms with Crippen molar-refractivity contribution >= 4 is 5.91 Å². The van der Waals surface area contributed by atoms with Gasteiger partial charge >= 0.3 is 0 Å². The fourth-order valence-corrected chi connectivity index (χ4v) is 2.53. The highest BCUT2D eigenvalue weighted by Crippen LogP contribution is 2.26. The highest BCUT2D eigenvalue weighted by Gasteiger charge is 2.22. The van der Waals surface area contributed by atoms with Gasteiger partial charge in [-0.2, -0.15) is 0 Å². The van der Waals surface area contributed by atoms with E-state index in [-0.39, 0.29) is 18.1 Å². The summed E-state index contributed by atoms with van der Waals surface area (Å²) in [6, 6.07) is 0.276. The monoisotopic (exact) mass is 242 g/mol. The van der Waals surface area contributed by atoms with Crippen LogP contribution in [0, 0.1) is 5.92 Å². The van der Waals surface area contributed by atoms with Crippen molar-refractivity contribution in [3.63, 3.8) is 0 Å². The fraction of sp³-hybridized carbons (Fsp3) is 0.923. The Morgan fingerprint density at radius 2 is 2.06 bits per heavy atom. The van der Waals surface area contributed by atoms with E-state index in [2.05, 4.69) is 12.2 Å². The van der Waals surface area contributed by atoms with Crippen LogP contribution < -0.4 is 11.1 Å². The Morgan fingerprint density at radius 3 is 2.59 bits per heavy atom. The number of hydrogen-bond acceptors (Lipinski definition) is 3. The van der Waals surface area contributed by atoms with Crippen LogP contribution in [0.15, 0.2) is 0 Å². The zero-order chi connectivity index (χ0) is 12.7. The summed E-state index contributed by atoms with van der Waals surface area (Å²) in [4.78, 5) is 11.8. The molecule has 4 nitrogen and oxygen atoms in total. The number of nitrogens with two attached hydrogens (primary N) is 1. The second-order valence-corrected chi connectivity index (χ2v) is 5.05. The predicted octanol–water partition coefficient (Wildman–Crippen LogP) is 1.44. The van der Waals surface area contributed by atoms with Crippen molar-refractivity contribution in [3.8, 4) is 0 Å². The third-order valence-corrected chi connectivity index (χ3v) is 3.75. The Hall–Kier alpha value is -0.610. The van der Waals surface area contributed by atoms with Gasteiger partial charge in [-0.3, -0.25) is 4.79 Å². The molecule has 2 atom stereocenters. The molecule has 17 heavy (non-hydrogen) atoms. The third-order valence-electron chi connectivity index (χ3n) is 3.75. The lowest BCUT2D eigenvalue weighted by molar-refractivity contribution is -0.124. The molecule has 100 valence electrons. The first-order valence-electron chi connectivity index (χ1n) is 6.69. The molecule has 0 spiro atoms. The molecular formula is C13H26N2O2. The topological polar surface area (TPSA) is 64.3 Å². The normalized spacial score (nSPS) is 20.9. The van der Waals surface area contributed by atoms with Crippen LogP contribution in [0.25, 0.3) is 0 Å². The van der Waals surface area contributed by atoms with Crippen molar-refractivity contribution in [2.45, 2.75) is 57.6 Å². The molecule has 0 radical (unpaired) electrons. The molecule has 0 saturated heterocycles. The Morgan fingerprint density at radius 1 is 1.41 bits per heavy atom. The van der Waals surface area contributed by atoms with E-state index in [4.69, 9.17) is 10.5 Å². The summed E-state index contributed by atoms with van der Waals surface area (Å²) in [6.07, 6.45) is 6.63. The van der Waals surface area contributed by atoms with E-state index in [1.165, 1.54) is 32.1 Å². The van der Waals surface area contributed by atoms with E-state index in [0.29, 0.717) is 18.9 Å². The highest BCUT2D eigenvalue weighted by atomic mass is 16.5. The lowest BCUT2D eigenvalue weighted by atomic mass is 9.84. The van der Waals surface area contributed by atoms with Gasteiger partial charge in [-0.05, 0) is 25.7 Å². The quantitative estimate of drug-likeness (QED) is 0.740. The standard InChI is InChI=1S/C13H26N2O2/c1-10(11-6-4-3-5-7-11)15-13(16)8-12(9-14)17-2/h10-12H,3-9,14H2,1-2H3,(H,15,16)/t10-,12?/m0/s1. The first-order chi connectivity index (χ1) is 8.17. The molecule has 3 N–H and O–H groups in total. The van der Waals surface area contributed by atoms with Crippen molar-refractivity contribution in [1.82, 2.24) is 5.32 Å². The Kier molecular flexibility index (Phi) is 6.52. The van der Waals surface area contributed by atoms with Gasteiger partial charge in [0, 0.05) is 19.7 Å². The van der Waals surface area contributed by atoms with Crippen molar-refractivity contribution in [3.05, 3.63) is 0 Å². The molecule has 1 fully saturated rings. The summed E-state index contributed by atoms with van der Waals surface area (Å²) >= 11 is 0. The number of nitrogens with one attached hydrogen (secondary N) is 1. The van der Waals surface area contributed by atoms with E-state index in [1.807, 2.05) is 0 Å². The second kappa shape index (κ2) is 7.67. The predicted molar refractivity (Wildman–Crippen MR) is 68.6 cm³/mol. The number of hydrogen-bond donors (Lipinski definition) is 2. The van der Waals surface area contributed by atoms with Gasteiger partial charge in [0.1, 0.15) is 0 Å². The molecule has 1 aliphatic rings. The Balaban J connectivity index is 2.29. The van der Waals surface area contributed by atoms with Crippen molar-refractivity contribution in [2.24, 2.45) is 11.7 Å². The summed E-state index contributed by atoms with van der Waals surface area (Å²) in [5, 5.41) is 3.07. The van der Waals surface area contributed by atoms with E-state index in [0.717, 1.165) is 0 Å². The van der Waals surface area contributed by atoms with Crippen LogP contribution in [0.2, 0.25) is 0 Å². The first-order valence-corrected chi connectivity index (χ1v) is 6.69. The van der Waals surface area contributed by atoms with Crippen molar-refractivity contribution in [2.75, 3.05) is 13.7 Å². The molecule has 4 heteroatoms. The first kappa shape index (κ1) is 14.5. The average molecular weight is 242 g/mol. The maximum absolute atomic E-state index is 11.8. The molecule has 1 aliphatic carbocycles. The van der Waals surface area contributed by atoms with Crippen LogP contribution in [-0.2, 0) is 9.53 Å². The number of rotatable bonds is 6. The number of methoxy groups -OCH3 is 1. The fourth-order valence-electron chi connectivity index (χ4n) is 2.53. The van der Waals surface area contributed by atoms with Crippen LogP contribution in [-0.4, -0.2) is 31.7 Å². The zero-order valence-electron chi connectivity index (χ0n) is 11.1. The largest absolute Gasteiger partial charge is 0.380 e. The van der Waals surface area contributed by atoms with Crippen molar-refractivity contribution < 1.29 is 9.53 Å². The lowest BCUT2D eigenvalue weighted by Crippen LogP contribution is -2.41. The summed E-state index contributed by atoms with van der Waals surface area (Å²) in [5.41, 5.74) is 5.50. The van der Waals surface area contributed by atoms with E-state index in [9.17, 15) is 4.79 Å².